The first-order chi connectivity index (χ1) is 16.9. The molecule has 4 heterocycles. The predicted molar refractivity (Wildman–Crippen MR) is 134 cm³/mol. The summed E-state index contributed by atoms with van der Waals surface area (Å²) in [6, 6.07) is 3.92. The van der Waals surface area contributed by atoms with Gasteiger partial charge in [-0.1, -0.05) is 11.6 Å². The summed E-state index contributed by atoms with van der Waals surface area (Å²) in [6.45, 7) is 10.8. The van der Waals surface area contributed by atoms with E-state index in [0.717, 1.165) is 67.2 Å². The molecule has 35 heavy (non-hydrogen) atoms. The first-order valence-electron chi connectivity index (χ1n) is 12.1. The number of hydrogen-bond acceptors (Lipinski definition) is 8. The third-order valence-electron chi connectivity index (χ3n) is 7.11. The lowest BCUT2D eigenvalue weighted by Gasteiger charge is -2.42. The van der Waals surface area contributed by atoms with Gasteiger partial charge < -0.3 is 20.1 Å². The molecule has 0 amide bonds. The standard InChI is InChI=1S/C25H30ClN7O2/c1-4-35-23-18(15(3)33-25-21(14(2)31-33)24(28)29-13-30-25)7-20(26)19(8-27)22(23)17-10-32(11-17)9-16-5-6-34-12-16/h7,13,15-17H,4-6,9-12H2,1-3H3,(H2,28,29,30). The zero-order chi connectivity index (χ0) is 24.7. The molecule has 2 fully saturated rings. The van der Waals surface area contributed by atoms with Crippen molar-refractivity contribution in [2.45, 2.75) is 39.2 Å². The van der Waals surface area contributed by atoms with Crippen molar-refractivity contribution in [1.82, 2.24) is 24.6 Å². The van der Waals surface area contributed by atoms with Crippen molar-refractivity contribution in [2.24, 2.45) is 5.92 Å². The Balaban J connectivity index is 1.54. The van der Waals surface area contributed by atoms with E-state index in [4.69, 9.17) is 31.9 Å². The molecule has 5 rings (SSSR count). The summed E-state index contributed by atoms with van der Waals surface area (Å²) in [7, 11) is 0. The van der Waals surface area contributed by atoms with Gasteiger partial charge in [0.1, 0.15) is 24.0 Å². The number of halogens is 1. The fourth-order valence-corrected chi connectivity index (χ4v) is 5.62. The number of rotatable bonds is 7. The molecule has 10 heteroatoms. The lowest BCUT2D eigenvalue weighted by Crippen LogP contribution is -2.47. The number of aryl methyl sites for hydroxylation is 1. The first kappa shape index (κ1) is 23.8. The van der Waals surface area contributed by atoms with E-state index < -0.39 is 0 Å². The Bertz CT molecular complexity index is 1290. The van der Waals surface area contributed by atoms with Crippen LogP contribution in [0.5, 0.6) is 5.75 Å². The molecule has 0 spiro atoms. The van der Waals surface area contributed by atoms with Crippen LogP contribution in [0.25, 0.3) is 11.0 Å². The number of nitriles is 1. The van der Waals surface area contributed by atoms with Crippen molar-refractivity contribution in [3.05, 3.63) is 39.8 Å². The van der Waals surface area contributed by atoms with Gasteiger partial charge >= 0.3 is 0 Å². The number of hydrogen-bond donors (Lipinski definition) is 1. The van der Waals surface area contributed by atoms with Gasteiger partial charge in [0.05, 0.1) is 40.9 Å². The minimum Gasteiger partial charge on any atom is -0.493 e. The van der Waals surface area contributed by atoms with E-state index in [1.165, 1.54) is 6.33 Å². The Morgan fingerprint density at radius 3 is 2.86 bits per heavy atom. The third-order valence-corrected chi connectivity index (χ3v) is 7.41. The monoisotopic (exact) mass is 495 g/mol. The Labute approximate surface area is 209 Å². The number of ether oxygens (including phenoxy) is 2. The Morgan fingerprint density at radius 1 is 1.37 bits per heavy atom. The highest BCUT2D eigenvalue weighted by molar-refractivity contribution is 6.32. The highest BCUT2D eigenvalue weighted by atomic mass is 35.5. The van der Waals surface area contributed by atoms with Crippen LogP contribution in [0.15, 0.2) is 12.4 Å². The number of benzene rings is 1. The Hall–Kier alpha value is -2.93. The quantitative estimate of drug-likeness (QED) is 0.527. The lowest BCUT2D eigenvalue weighted by atomic mass is 9.84. The third kappa shape index (κ3) is 4.20. The second-order valence-corrected chi connectivity index (χ2v) is 9.83. The van der Waals surface area contributed by atoms with E-state index in [9.17, 15) is 5.26 Å². The van der Waals surface area contributed by atoms with Crippen molar-refractivity contribution in [1.29, 1.82) is 5.26 Å². The molecule has 0 saturated carbocycles. The minimum absolute atomic E-state index is 0.173. The molecule has 2 aliphatic heterocycles. The van der Waals surface area contributed by atoms with Crippen LogP contribution in [0, 0.1) is 24.2 Å². The van der Waals surface area contributed by atoms with Gasteiger partial charge in [-0.25, -0.2) is 14.6 Å². The van der Waals surface area contributed by atoms with E-state index in [1.807, 2.05) is 31.5 Å². The minimum atomic E-state index is -0.252. The largest absolute Gasteiger partial charge is 0.493 e. The molecule has 1 aromatic carbocycles. The first-order valence-corrected chi connectivity index (χ1v) is 12.4. The van der Waals surface area contributed by atoms with E-state index >= 15 is 0 Å². The van der Waals surface area contributed by atoms with Crippen LogP contribution in [-0.4, -0.2) is 64.1 Å². The van der Waals surface area contributed by atoms with Crippen molar-refractivity contribution in [3.8, 4) is 11.8 Å². The molecule has 2 N–H and O–H groups in total. The van der Waals surface area contributed by atoms with Gasteiger partial charge in [0.25, 0.3) is 0 Å². The lowest BCUT2D eigenvalue weighted by molar-refractivity contribution is 0.111. The number of nitrogens with zero attached hydrogens (tertiary/aromatic N) is 6. The van der Waals surface area contributed by atoms with Crippen molar-refractivity contribution in [2.75, 3.05) is 45.2 Å². The molecule has 184 valence electrons. The van der Waals surface area contributed by atoms with Gasteiger partial charge in [-0.2, -0.15) is 10.4 Å². The second kappa shape index (κ2) is 9.61. The molecule has 2 unspecified atom stereocenters. The molecule has 2 aromatic heterocycles. The smallest absolute Gasteiger partial charge is 0.164 e. The number of anilines is 1. The Kier molecular flexibility index (Phi) is 6.53. The van der Waals surface area contributed by atoms with E-state index in [0.29, 0.717) is 34.6 Å². The average Bonchev–Trinajstić information content (AvgIpc) is 3.45. The second-order valence-electron chi connectivity index (χ2n) is 9.42. The van der Waals surface area contributed by atoms with Crippen LogP contribution in [0.3, 0.4) is 0 Å². The van der Waals surface area contributed by atoms with Crippen molar-refractivity contribution in [3.63, 3.8) is 0 Å². The summed E-state index contributed by atoms with van der Waals surface area (Å²) in [4.78, 5) is 11.0. The molecule has 0 aliphatic carbocycles. The zero-order valence-corrected chi connectivity index (χ0v) is 21.0. The topological polar surface area (TPSA) is 115 Å². The Morgan fingerprint density at radius 2 is 2.17 bits per heavy atom. The summed E-state index contributed by atoms with van der Waals surface area (Å²) in [5, 5.41) is 15.9. The van der Waals surface area contributed by atoms with E-state index in [-0.39, 0.29) is 12.0 Å². The molecular weight excluding hydrogens is 466 g/mol. The highest BCUT2D eigenvalue weighted by Crippen LogP contribution is 2.44. The number of aromatic nitrogens is 4. The summed E-state index contributed by atoms with van der Waals surface area (Å²) in [5.74, 6) is 1.88. The van der Waals surface area contributed by atoms with E-state index in [1.54, 1.807) is 0 Å². The number of likely N-dealkylation sites (tertiary alicyclic amines) is 1. The highest BCUT2D eigenvalue weighted by Gasteiger charge is 2.36. The van der Waals surface area contributed by atoms with Gasteiger partial charge in [-0.15, -0.1) is 0 Å². The summed E-state index contributed by atoms with van der Waals surface area (Å²) in [5.41, 5.74) is 9.78. The van der Waals surface area contributed by atoms with Crippen LogP contribution in [0.4, 0.5) is 5.82 Å². The zero-order valence-electron chi connectivity index (χ0n) is 20.3. The molecular formula is C25H30ClN7O2. The van der Waals surface area contributed by atoms with Crippen molar-refractivity contribution >= 4 is 28.5 Å². The van der Waals surface area contributed by atoms with Gasteiger partial charge in [-0.05, 0) is 39.2 Å². The fraction of sp³-hybridized carbons (Fsp3) is 0.520. The molecule has 0 bridgehead atoms. The average molecular weight is 496 g/mol. The SMILES string of the molecule is CCOc1c(C(C)n2nc(C)c3c(N)ncnc32)cc(Cl)c(C#N)c1C1CN(CC2CCOC2)C1. The number of nitrogen functional groups attached to an aromatic ring is 1. The van der Waals surface area contributed by atoms with Gasteiger partial charge in [0.2, 0.25) is 0 Å². The molecule has 0 radical (unpaired) electrons. The summed E-state index contributed by atoms with van der Waals surface area (Å²) in [6.07, 6.45) is 2.56. The molecule has 2 aliphatic rings. The van der Waals surface area contributed by atoms with Crippen LogP contribution >= 0.6 is 11.6 Å². The molecule has 2 atom stereocenters. The van der Waals surface area contributed by atoms with Crippen LogP contribution in [0.2, 0.25) is 5.02 Å². The number of fused-ring (bicyclic) bond motifs is 1. The molecule has 3 aromatic rings. The fourth-order valence-electron chi connectivity index (χ4n) is 5.36. The predicted octanol–water partition coefficient (Wildman–Crippen LogP) is 3.69. The van der Waals surface area contributed by atoms with Crippen LogP contribution in [-0.2, 0) is 4.74 Å². The normalized spacial score (nSPS) is 19.6. The molecule has 2 saturated heterocycles. The van der Waals surface area contributed by atoms with Gasteiger partial charge in [0, 0.05) is 43.3 Å². The maximum Gasteiger partial charge on any atom is 0.164 e. The van der Waals surface area contributed by atoms with Crippen LogP contribution in [0.1, 0.15) is 54.6 Å². The van der Waals surface area contributed by atoms with Crippen LogP contribution < -0.4 is 10.5 Å². The van der Waals surface area contributed by atoms with Gasteiger partial charge in [-0.3, -0.25) is 0 Å². The summed E-state index contributed by atoms with van der Waals surface area (Å²) < 4.78 is 13.6. The number of nitrogens with two attached hydrogens (primary N) is 1. The summed E-state index contributed by atoms with van der Waals surface area (Å²) >= 11 is 6.70. The maximum absolute atomic E-state index is 10.0. The van der Waals surface area contributed by atoms with Gasteiger partial charge in [0.15, 0.2) is 5.65 Å². The maximum atomic E-state index is 10.0. The van der Waals surface area contributed by atoms with Crippen molar-refractivity contribution < 1.29 is 9.47 Å². The molecule has 9 nitrogen and oxygen atoms in total. The van der Waals surface area contributed by atoms with E-state index in [2.05, 4.69) is 20.9 Å².